The first-order chi connectivity index (χ1) is 10.2. The maximum Gasteiger partial charge on any atom is 0.191 e. The largest absolute Gasteiger partial charge is 0.373 e. The van der Waals surface area contributed by atoms with Crippen molar-refractivity contribution < 1.29 is 4.74 Å². The second-order valence-electron chi connectivity index (χ2n) is 6.51. The Hall–Kier alpha value is -0.0800. The maximum atomic E-state index is 5.78. The number of rotatable bonds is 7. The van der Waals surface area contributed by atoms with Gasteiger partial charge < -0.3 is 20.3 Å². The van der Waals surface area contributed by atoms with E-state index in [0.29, 0.717) is 0 Å². The minimum atomic E-state index is -0.0205. The molecule has 0 aliphatic carbocycles. The van der Waals surface area contributed by atoms with Gasteiger partial charge in [-0.1, -0.05) is 0 Å². The molecule has 0 aromatic carbocycles. The third-order valence-corrected chi connectivity index (χ3v) is 4.55. The fourth-order valence-corrected chi connectivity index (χ4v) is 3.14. The summed E-state index contributed by atoms with van der Waals surface area (Å²) in [6.07, 6.45) is 7.54. The summed E-state index contributed by atoms with van der Waals surface area (Å²) in [5, 5.41) is 6.79. The molecule has 0 saturated carbocycles. The van der Waals surface area contributed by atoms with Crippen LogP contribution in [0.15, 0.2) is 4.99 Å². The number of nitrogens with one attached hydrogen (secondary N) is 2. The number of ether oxygens (including phenoxy) is 1. The van der Waals surface area contributed by atoms with E-state index in [1.54, 1.807) is 0 Å². The summed E-state index contributed by atoms with van der Waals surface area (Å²) in [7, 11) is 1.83. The Morgan fingerprint density at radius 2 is 1.95 bits per heavy atom. The summed E-state index contributed by atoms with van der Waals surface area (Å²) in [4.78, 5) is 6.86. The van der Waals surface area contributed by atoms with Crippen molar-refractivity contribution in [2.75, 3.05) is 46.4 Å². The van der Waals surface area contributed by atoms with Crippen molar-refractivity contribution in [2.24, 2.45) is 4.99 Å². The van der Waals surface area contributed by atoms with E-state index in [1.807, 2.05) is 7.05 Å². The summed E-state index contributed by atoms with van der Waals surface area (Å²) in [6.45, 7) is 8.74. The average Bonchev–Trinajstić information content (AvgIpc) is 3.14. The van der Waals surface area contributed by atoms with Gasteiger partial charge in [0.1, 0.15) is 0 Å². The van der Waals surface area contributed by atoms with Crippen molar-refractivity contribution in [3.05, 3.63) is 0 Å². The molecule has 2 aliphatic rings. The molecule has 1 atom stereocenters. The first kappa shape index (κ1) is 20.0. The molecule has 2 heterocycles. The van der Waals surface area contributed by atoms with E-state index in [9.17, 15) is 0 Å². The third kappa shape index (κ3) is 7.00. The molecule has 0 aromatic rings. The van der Waals surface area contributed by atoms with Crippen LogP contribution in [0.4, 0.5) is 0 Å². The Morgan fingerprint density at radius 1 is 1.18 bits per heavy atom. The van der Waals surface area contributed by atoms with Gasteiger partial charge in [-0.05, 0) is 65.1 Å². The highest BCUT2D eigenvalue weighted by Crippen LogP contribution is 2.23. The van der Waals surface area contributed by atoms with Gasteiger partial charge in [-0.25, -0.2) is 0 Å². The molecule has 1 unspecified atom stereocenters. The molecule has 2 rings (SSSR count). The normalized spacial score (nSPS) is 26.0. The standard InChI is InChI=1S/C16H32N4O.HI/c1-16(8-7-13-21-16)14-19-15(17-2)18-9-3-4-10-20-11-5-6-12-20;/h3-14H2,1-2H3,(H2,17,18,19);1H. The molecule has 2 aliphatic heterocycles. The Kier molecular flexibility index (Phi) is 9.66. The smallest absolute Gasteiger partial charge is 0.191 e. The zero-order valence-electron chi connectivity index (χ0n) is 14.2. The van der Waals surface area contributed by atoms with Crippen LogP contribution in [0, 0.1) is 0 Å². The van der Waals surface area contributed by atoms with Gasteiger partial charge in [-0.15, -0.1) is 24.0 Å². The molecular weight excluding hydrogens is 391 g/mol. The molecule has 0 radical (unpaired) electrons. The van der Waals surface area contributed by atoms with Crippen LogP contribution in [0.1, 0.15) is 45.4 Å². The molecule has 0 bridgehead atoms. The summed E-state index contributed by atoms with van der Waals surface area (Å²) in [6, 6.07) is 0. The van der Waals surface area contributed by atoms with E-state index in [0.717, 1.165) is 32.1 Å². The summed E-state index contributed by atoms with van der Waals surface area (Å²) in [5.41, 5.74) is -0.0205. The SMILES string of the molecule is CN=C(NCCCCN1CCCC1)NCC1(C)CCCO1.I. The Bertz CT molecular complexity index is 326. The molecule has 2 N–H and O–H groups in total. The fraction of sp³-hybridized carbons (Fsp3) is 0.938. The average molecular weight is 424 g/mol. The number of aliphatic imine (C=N–C) groups is 1. The van der Waals surface area contributed by atoms with Gasteiger partial charge in [-0.3, -0.25) is 4.99 Å². The topological polar surface area (TPSA) is 48.9 Å². The van der Waals surface area contributed by atoms with E-state index < -0.39 is 0 Å². The molecule has 6 heteroatoms. The van der Waals surface area contributed by atoms with Crippen LogP contribution in [0.25, 0.3) is 0 Å². The number of unbranched alkanes of at least 4 members (excludes halogenated alkanes) is 1. The van der Waals surface area contributed by atoms with E-state index in [4.69, 9.17) is 4.74 Å². The number of nitrogens with zero attached hydrogens (tertiary/aromatic N) is 2. The van der Waals surface area contributed by atoms with Crippen molar-refractivity contribution in [1.82, 2.24) is 15.5 Å². The van der Waals surface area contributed by atoms with Gasteiger partial charge in [0.25, 0.3) is 0 Å². The van der Waals surface area contributed by atoms with Gasteiger partial charge in [0.15, 0.2) is 5.96 Å². The molecular formula is C16H33IN4O. The van der Waals surface area contributed by atoms with Crippen molar-refractivity contribution in [3.63, 3.8) is 0 Å². The molecule has 5 nitrogen and oxygen atoms in total. The lowest BCUT2D eigenvalue weighted by molar-refractivity contribution is 0.0243. The second kappa shape index (κ2) is 10.6. The first-order valence-electron chi connectivity index (χ1n) is 8.53. The molecule has 0 amide bonds. The molecule has 2 fully saturated rings. The van der Waals surface area contributed by atoms with Crippen LogP contribution in [0.5, 0.6) is 0 Å². The predicted molar refractivity (Wildman–Crippen MR) is 103 cm³/mol. The molecule has 130 valence electrons. The maximum absolute atomic E-state index is 5.78. The first-order valence-corrected chi connectivity index (χ1v) is 8.53. The lowest BCUT2D eigenvalue weighted by Gasteiger charge is -2.24. The fourth-order valence-electron chi connectivity index (χ4n) is 3.14. The minimum Gasteiger partial charge on any atom is -0.373 e. The number of halogens is 1. The molecule has 0 spiro atoms. The molecule has 22 heavy (non-hydrogen) atoms. The van der Waals surface area contributed by atoms with E-state index in [2.05, 4.69) is 27.4 Å². The van der Waals surface area contributed by atoms with E-state index in [-0.39, 0.29) is 29.6 Å². The van der Waals surface area contributed by atoms with E-state index in [1.165, 1.54) is 51.7 Å². The van der Waals surface area contributed by atoms with E-state index >= 15 is 0 Å². The second-order valence-corrected chi connectivity index (χ2v) is 6.51. The van der Waals surface area contributed by atoms with Gasteiger partial charge in [0, 0.05) is 26.7 Å². The van der Waals surface area contributed by atoms with Crippen LogP contribution in [0.3, 0.4) is 0 Å². The number of likely N-dealkylation sites (tertiary alicyclic amines) is 1. The van der Waals surface area contributed by atoms with Gasteiger partial charge in [0.2, 0.25) is 0 Å². The number of guanidine groups is 1. The highest BCUT2D eigenvalue weighted by molar-refractivity contribution is 14.0. The predicted octanol–water partition coefficient (Wildman–Crippen LogP) is 2.21. The van der Waals surface area contributed by atoms with Crippen molar-refractivity contribution in [1.29, 1.82) is 0 Å². The molecule has 0 aromatic heterocycles. The third-order valence-electron chi connectivity index (χ3n) is 4.55. The van der Waals surface area contributed by atoms with Crippen LogP contribution in [-0.2, 0) is 4.74 Å². The molecule has 2 saturated heterocycles. The Balaban J connectivity index is 0.00000242. The zero-order valence-corrected chi connectivity index (χ0v) is 16.5. The van der Waals surface area contributed by atoms with Crippen molar-refractivity contribution in [3.8, 4) is 0 Å². The van der Waals surface area contributed by atoms with Crippen LogP contribution >= 0.6 is 24.0 Å². The minimum absolute atomic E-state index is 0. The Labute approximate surface area is 152 Å². The summed E-state index contributed by atoms with van der Waals surface area (Å²) < 4.78 is 5.78. The number of hydrogen-bond donors (Lipinski definition) is 2. The summed E-state index contributed by atoms with van der Waals surface area (Å²) in [5.74, 6) is 0.896. The van der Waals surface area contributed by atoms with Gasteiger partial charge in [-0.2, -0.15) is 0 Å². The van der Waals surface area contributed by atoms with Crippen LogP contribution in [0.2, 0.25) is 0 Å². The monoisotopic (exact) mass is 424 g/mol. The lowest BCUT2D eigenvalue weighted by atomic mass is 10.0. The highest BCUT2D eigenvalue weighted by Gasteiger charge is 2.29. The van der Waals surface area contributed by atoms with Gasteiger partial charge in [0.05, 0.1) is 5.60 Å². The highest BCUT2D eigenvalue weighted by atomic mass is 127. The number of hydrogen-bond acceptors (Lipinski definition) is 3. The summed E-state index contributed by atoms with van der Waals surface area (Å²) >= 11 is 0. The van der Waals surface area contributed by atoms with Crippen molar-refractivity contribution in [2.45, 2.75) is 51.0 Å². The quantitative estimate of drug-likeness (QED) is 0.285. The zero-order chi connectivity index (χ0) is 15.0. The van der Waals surface area contributed by atoms with Crippen LogP contribution < -0.4 is 10.6 Å². The lowest BCUT2D eigenvalue weighted by Crippen LogP contribution is -2.45. The Morgan fingerprint density at radius 3 is 2.59 bits per heavy atom. The van der Waals surface area contributed by atoms with Crippen molar-refractivity contribution >= 4 is 29.9 Å². The van der Waals surface area contributed by atoms with Crippen LogP contribution in [-0.4, -0.2) is 62.8 Å². The van der Waals surface area contributed by atoms with Gasteiger partial charge >= 0.3 is 0 Å².